The smallest absolute Gasteiger partial charge is 0.272 e. The van der Waals surface area contributed by atoms with Crippen LogP contribution < -0.4 is 9.64 Å². The van der Waals surface area contributed by atoms with Gasteiger partial charge in [0.2, 0.25) is 0 Å². The zero-order valence-electron chi connectivity index (χ0n) is 16.8. The summed E-state index contributed by atoms with van der Waals surface area (Å²) < 4.78 is 25.4. The van der Waals surface area contributed by atoms with Gasteiger partial charge in [0, 0.05) is 0 Å². The number of para-hydroxylation sites is 1. The largest absolute Gasteiger partial charge is 0.494 e. The highest BCUT2D eigenvalue weighted by atomic mass is 32.2. The Labute approximate surface area is 183 Å². The zero-order valence-corrected chi connectivity index (χ0v) is 17.7. The molecular weight excluding hydrogens is 417 g/mol. The van der Waals surface area contributed by atoms with E-state index in [2.05, 4.69) is 0 Å². The molecule has 5 nitrogen and oxygen atoms in total. The number of benzene rings is 2. The first-order chi connectivity index (χ1) is 15.1. The monoisotopic (exact) mass is 437 g/mol. The number of thioether (sulfide) groups is 1. The van der Waals surface area contributed by atoms with Crippen molar-refractivity contribution in [2.45, 2.75) is 19.1 Å². The van der Waals surface area contributed by atoms with E-state index in [0.717, 1.165) is 11.3 Å². The fourth-order valence-corrected chi connectivity index (χ4v) is 4.24. The van der Waals surface area contributed by atoms with E-state index in [-0.39, 0.29) is 16.2 Å². The molecule has 0 saturated carbocycles. The minimum atomic E-state index is -0.635. The molecule has 0 spiro atoms. The molecule has 2 amide bonds. The molecule has 7 heteroatoms. The van der Waals surface area contributed by atoms with Crippen LogP contribution in [0.1, 0.15) is 24.7 Å². The normalized spacial score (nSPS) is 13.9. The SMILES string of the molecule is CCCOc1ccc(C2=C(SCc3ccco3)C(=O)N(c3ccccc3F)C2=O)cc1. The van der Waals surface area contributed by atoms with Gasteiger partial charge in [0.25, 0.3) is 11.8 Å². The molecule has 0 unspecified atom stereocenters. The second kappa shape index (κ2) is 9.22. The van der Waals surface area contributed by atoms with Crippen LogP contribution in [0.2, 0.25) is 0 Å². The maximum Gasteiger partial charge on any atom is 0.272 e. The van der Waals surface area contributed by atoms with Gasteiger partial charge < -0.3 is 9.15 Å². The van der Waals surface area contributed by atoms with Crippen LogP contribution in [-0.4, -0.2) is 18.4 Å². The number of furan rings is 1. The Morgan fingerprint density at radius 3 is 2.45 bits per heavy atom. The summed E-state index contributed by atoms with van der Waals surface area (Å²) in [6, 6.07) is 16.3. The summed E-state index contributed by atoms with van der Waals surface area (Å²) in [7, 11) is 0. The summed E-state index contributed by atoms with van der Waals surface area (Å²) >= 11 is 1.20. The van der Waals surface area contributed by atoms with Crippen molar-refractivity contribution >= 4 is 34.8 Å². The molecule has 2 aromatic carbocycles. The maximum absolute atomic E-state index is 14.4. The molecule has 0 atom stereocenters. The Morgan fingerprint density at radius 2 is 1.77 bits per heavy atom. The van der Waals surface area contributed by atoms with Crippen LogP contribution in [-0.2, 0) is 15.3 Å². The lowest BCUT2D eigenvalue weighted by molar-refractivity contribution is -0.119. The van der Waals surface area contributed by atoms with Gasteiger partial charge >= 0.3 is 0 Å². The van der Waals surface area contributed by atoms with Crippen LogP contribution in [0.3, 0.4) is 0 Å². The molecule has 2 heterocycles. The van der Waals surface area contributed by atoms with E-state index in [1.54, 1.807) is 48.7 Å². The zero-order chi connectivity index (χ0) is 21.8. The van der Waals surface area contributed by atoms with Gasteiger partial charge in [0.05, 0.1) is 34.8 Å². The van der Waals surface area contributed by atoms with Gasteiger partial charge in [-0.3, -0.25) is 9.59 Å². The molecule has 0 fully saturated rings. The van der Waals surface area contributed by atoms with Gasteiger partial charge in [-0.2, -0.15) is 0 Å². The topological polar surface area (TPSA) is 59.8 Å². The molecule has 1 aliphatic heterocycles. The first-order valence-electron chi connectivity index (χ1n) is 9.86. The molecule has 0 bridgehead atoms. The van der Waals surface area contributed by atoms with Crippen molar-refractivity contribution in [3.63, 3.8) is 0 Å². The predicted molar refractivity (Wildman–Crippen MR) is 118 cm³/mol. The number of anilines is 1. The lowest BCUT2D eigenvalue weighted by Gasteiger charge is -2.15. The van der Waals surface area contributed by atoms with Crippen LogP contribution in [0, 0.1) is 5.82 Å². The highest BCUT2D eigenvalue weighted by Crippen LogP contribution is 2.40. The van der Waals surface area contributed by atoms with Crippen molar-refractivity contribution in [3.05, 3.63) is 89.0 Å². The number of carbonyl (C=O) groups is 2. The van der Waals surface area contributed by atoms with E-state index in [1.165, 1.54) is 30.0 Å². The van der Waals surface area contributed by atoms with Crippen LogP contribution in [0.4, 0.5) is 10.1 Å². The van der Waals surface area contributed by atoms with E-state index in [0.29, 0.717) is 29.4 Å². The number of rotatable bonds is 8. The third-order valence-corrected chi connectivity index (χ3v) is 5.79. The number of ether oxygens (including phenoxy) is 1. The number of hydrogen-bond donors (Lipinski definition) is 0. The number of imide groups is 1. The van der Waals surface area contributed by atoms with Crippen LogP contribution in [0.15, 0.2) is 76.2 Å². The van der Waals surface area contributed by atoms with E-state index < -0.39 is 17.6 Å². The molecule has 0 N–H and O–H groups in total. The van der Waals surface area contributed by atoms with Crippen molar-refractivity contribution in [1.82, 2.24) is 0 Å². The second-order valence-electron chi connectivity index (χ2n) is 6.84. The van der Waals surface area contributed by atoms with Crippen molar-refractivity contribution in [1.29, 1.82) is 0 Å². The third kappa shape index (κ3) is 4.27. The van der Waals surface area contributed by atoms with E-state index in [4.69, 9.17) is 9.15 Å². The van der Waals surface area contributed by atoms with E-state index >= 15 is 0 Å². The highest BCUT2D eigenvalue weighted by molar-refractivity contribution is 8.03. The lowest BCUT2D eigenvalue weighted by atomic mass is 10.1. The molecule has 0 saturated heterocycles. The van der Waals surface area contributed by atoms with Crippen LogP contribution in [0.5, 0.6) is 5.75 Å². The highest BCUT2D eigenvalue weighted by Gasteiger charge is 2.41. The van der Waals surface area contributed by atoms with Crippen molar-refractivity contribution in [2.24, 2.45) is 0 Å². The lowest BCUT2D eigenvalue weighted by Crippen LogP contribution is -2.32. The quantitative estimate of drug-likeness (QED) is 0.440. The Hall–Kier alpha value is -3.32. The summed E-state index contributed by atoms with van der Waals surface area (Å²) in [5.74, 6) is -0.0203. The molecular formula is C24H20FNO4S. The predicted octanol–water partition coefficient (Wildman–Crippen LogP) is 5.43. The molecule has 1 aliphatic rings. The summed E-state index contributed by atoms with van der Waals surface area (Å²) in [4.78, 5) is 27.7. The van der Waals surface area contributed by atoms with E-state index in [1.807, 2.05) is 6.92 Å². The molecule has 3 aromatic rings. The van der Waals surface area contributed by atoms with Gasteiger partial charge in [0.1, 0.15) is 17.3 Å². The number of amides is 2. The fourth-order valence-electron chi connectivity index (χ4n) is 3.23. The Bertz CT molecular complexity index is 1120. The molecule has 158 valence electrons. The average molecular weight is 437 g/mol. The van der Waals surface area contributed by atoms with Crippen molar-refractivity contribution < 1.29 is 23.1 Å². The van der Waals surface area contributed by atoms with Crippen molar-refractivity contribution in [2.75, 3.05) is 11.5 Å². The second-order valence-corrected chi connectivity index (χ2v) is 7.83. The molecule has 0 aliphatic carbocycles. The van der Waals surface area contributed by atoms with Gasteiger partial charge in [-0.1, -0.05) is 31.2 Å². The van der Waals surface area contributed by atoms with Gasteiger partial charge in [0.15, 0.2) is 0 Å². The summed E-state index contributed by atoms with van der Waals surface area (Å²) in [5, 5.41) is 0. The summed E-state index contributed by atoms with van der Waals surface area (Å²) in [6.45, 7) is 2.60. The standard InChI is InChI=1S/C24H20FNO4S/c1-2-13-29-17-11-9-16(10-12-17)21-22(31-15-18-6-5-14-30-18)24(28)26(23(21)27)20-8-4-3-7-19(20)25/h3-12,14H,2,13,15H2,1H3. The first kappa shape index (κ1) is 20.9. The van der Waals surface area contributed by atoms with E-state index in [9.17, 15) is 14.0 Å². The molecule has 4 rings (SSSR count). The Balaban J connectivity index is 1.71. The first-order valence-corrected chi connectivity index (χ1v) is 10.8. The number of carbonyl (C=O) groups excluding carboxylic acids is 2. The van der Waals surface area contributed by atoms with Crippen LogP contribution in [0.25, 0.3) is 5.57 Å². The number of hydrogen-bond acceptors (Lipinski definition) is 5. The fraction of sp³-hybridized carbons (Fsp3) is 0.167. The van der Waals surface area contributed by atoms with Crippen LogP contribution >= 0.6 is 11.8 Å². The van der Waals surface area contributed by atoms with Gasteiger partial charge in [-0.15, -0.1) is 11.8 Å². The minimum absolute atomic E-state index is 0.0634. The molecule has 31 heavy (non-hydrogen) atoms. The van der Waals surface area contributed by atoms with Crippen molar-refractivity contribution in [3.8, 4) is 5.75 Å². The molecule has 0 radical (unpaired) electrons. The Morgan fingerprint density at radius 1 is 1.00 bits per heavy atom. The third-order valence-electron chi connectivity index (χ3n) is 4.69. The number of nitrogens with zero attached hydrogens (tertiary/aromatic N) is 1. The summed E-state index contributed by atoms with van der Waals surface area (Å²) in [6.07, 6.45) is 2.43. The van der Waals surface area contributed by atoms with Gasteiger partial charge in [-0.05, 0) is 48.4 Å². The molecule has 1 aromatic heterocycles. The minimum Gasteiger partial charge on any atom is -0.494 e. The summed E-state index contributed by atoms with van der Waals surface area (Å²) in [5.41, 5.74) is 0.751. The average Bonchev–Trinajstić information content (AvgIpc) is 3.38. The maximum atomic E-state index is 14.4. The number of halogens is 1. The Kier molecular flexibility index (Phi) is 6.23. The van der Waals surface area contributed by atoms with Gasteiger partial charge in [-0.25, -0.2) is 9.29 Å².